The summed E-state index contributed by atoms with van der Waals surface area (Å²) in [4.78, 5) is 0. The van der Waals surface area contributed by atoms with Crippen molar-refractivity contribution >= 4 is 0 Å². The number of hydrogen-bond acceptors (Lipinski definition) is 2. The minimum Gasteiger partial charge on any atom is -0.392 e. The first-order valence-electron chi connectivity index (χ1n) is 4.48. The summed E-state index contributed by atoms with van der Waals surface area (Å²) >= 11 is 0. The highest BCUT2D eigenvalue weighted by atomic mass is 16.3. The van der Waals surface area contributed by atoms with Crippen LogP contribution in [-0.2, 0) is 0 Å². The predicted molar refractivity (Wildman–Crippen MR) is 48.8 cm³/mol. The van der Waals surface area contributed by atoms with Gasteiger partial charge in [-0.3, -0.25) is 0 Å². The SMILES string of the molecule is C=C(C)[C@H]1CC[C@@](C)(O)C[C@H]1O. The van der Waals surface area contributed by atoms with Crippen molar-refractivity contribution in [2.75, 3.05) is 0 Å². The quantitative estimate of drug-likeness (QED) is 0.585. The smallest absolute Gasteiger partial charge is 0.0644 e. The van der Waals surface area contributed by atoms with Gasteiger partial charge in [0.2, 0.25) is 0 Å². The molecule has 70 valence electrons. The van der Waals surface area contributed by atoms with Crippen molar-refractivity contribution in [2.45, 2.75) is 44.8 Å². The first-order chi connectivity index (χ1) is 5.42. The van der Waals surface area contributed by atoms with Crippen LogP contribution in [0.1, 0.15) is 33.1 Å². The van der Waals surface area contributed by atoms with Crippen molar-refractivity contribution in [1.82, 2.24) is 0 Å². The summed E-state index contributed by atoms with van der Waals surface area (Å²) in [6.07, 6.45) is 1.68. The van der Waals surface area contributed by atoms with Gasteiger partial charge < -0.3 is 10.2 Å². The van der Waals surface area contributed by atoms with Crippen LogP contribution in [0.4, 0.5) is 0 Å². The maximum absolute atomic E-state index is 9.65. The van der Waals surface area contributed by atoms with Gasteiger partial charge in [-0.05, 0) is 26.7 Å². The maximum Gasteiger partial charge on any atom is 0.0644 e. The normalized spacial score (nSPS) is 42.7. The first kappa shape index (κ1) is 9.75. The topological polar surface area (TPSA) is 40.5 Å². The second-order valence-corrected chi connectivity index (χ2v) is 4.26. The van der Waals surface area contributed by atoms with Crippen molar-refractivity contribution in [3.8, 4) is 0 Å². The molecule has 1 aliphatic carbocycles. The Morgan fingerprint density at radius 2 is 2.17 bits per heavy atom. The number of aliphatic hydroxyl groups excluding tert-OH is 1. The third-order valence-corrected chi connectivity index (χ3v) is 2.74. The van der Waals surface area contributed by atoms with Crippen molar-refractivity contribution in [3.05, 3.63) is 12.2 Å². The molecule has 3 atom stereocenters. The van der Waals surface area contributed by atoms with Crippen molar-refractivity contribution < 1.29 is 10.2 Å². The molecule has 0 heterocycles. The van der Waals surface area contributed by atoms with E-state index in [1.54, 1.807) is 6.92 Å². The van der Waals surface area contributed by atoms with Crippen LogP contribution in [0, 0.1) is 5.92 Å². The van der Waals surface area contributed by atoms with E-state index in [4.69, 9.17) is 0 Å². The van der Waals surface area contributed by atoms with Crippen LogP contribution in [0.3, 0.4) is 0 Å². The molecule has 1 saturated carbocycles. The molecule has 1 fully saturated rings. The predicted octanol–water partition coefficient (Wildman–Crippen LogP) is 1.47. The highest BCUT2D eigenvalue weighted by Gasteiger charge is 2.35. The zero-order valence-electron chi connectivity index (χ0n) is 7.88. The van der Waals surface area contributed by atoms with E-state index in [9.17, 15) is 10.2 Å². The summed E-state index contributed by atoms with van der Waals surface area (Å²) in [5.41, 5.74) is 0.351. The molecule has 0 aromatic carbocycles. The molecule has 0 aliphatic heterocycles. The lowest BCUT2D eigenvalue weighted by atomic mass is 9.75. The summed E-state index contributed by atoms with van der Waals surface area (Å²) in [5, 5.41) is 19.3. The molecule has 0 bridgehead atoms. The third kappa shape index (κ3) is 2.08. The van der Waals surface area contributed by atoms with E-state index in [1.807, 2.05) is 6.92 Å². The van der Waals surface area contributed by atoms with Gasteiger partial charge in [0.1, 0.15) is 0 Å². The molecule has 0 aromatic heterocycles. The molecular weight excluding hydrogens is 152 g/mol. The lowest BCUT2D eigenvalue weighted by Gasteiger charge is -2.37. The monoisotopic (exact) mass is 170 g/mol. The zero-order chi connectivity index (χ0) is 9.35. The van der Waals surface area contributed by atoms with E-state index in [1.165, 1.54) is 0 Å². The number of hydrogen-bond donors (Lipinski definition) is 2. The van der Waals surface area contributed by atoms with E-state index in [2.05, 4.69) is 6.58 Å². The summed E-state index contributed by atoms with van der Waals surface area (Å²) in [7, 11) is 0. The summed E-state index contributed by atoms with van der Waals surface area (Å²) in [6.45, 7) is 7.56. The standard InChI is InChI=1S/C10H18O2/c1-7(2)8-4-5-10(3,12)6-9(8)11/h8-9,11-12H,1,4-6H2,2-3H3/t8-,9-,10-/m1/s1. The molecule has 0 saturated heterocycles. The van der Waals surface area contributed by atoms with Crippen LogP contribution >= 0.6 is 0 Å². The highest BCUT2D eigenvalue weighted by molar-refractivity contribution is 5.03. The van der Waals surface area contributed by atoms with Gasteiger partial charge in [-0.2, -0.15) is 0 Å². The van der Waals surface area contributed by atoms with Gasteiger partial charge in [-0.15, -0.1) is 0 Å². The Balaban J connectivity index is 2.60. The van der Waals surface area contributed by atoms with Gasteiger partial charge >= 0.3 is 0 Å². The third-order valence-electron chi connectivity index (χ3n) is 2.74. The highest BCUT2D eigenvalue weighted by Crippen LogP contribution is 2.34. The van der Waals surface area contributed by atoms with E-state index in [0.29, 0.717) is 6.42 Å². The molecule has 2 N–H and O–H groups in total. The van der Waals surface area contributed by atoms with Crippen LogP contribution in [-0.4, -0.2) is 21.9 Å². The summed E-state index contributed by atoms with van der Waals surface area (Å²) < 4.78 is 0. The molecule has 0 aromatic rings. The second kappa shape index (κ2) is 3.19. The molecule has 1 rings (SSSR count). The van der Waals surface area contributed by atoms with Gasteiger partial charge in [-0.25, -0.2) is 0 Å². The van der Waals surface area contributed by atoms with Crippen molar-refractivity contribution in [1.29, 1.82) is 0 Å². The van der Waals surface area contributed by atoms with E-state index in [-0.39, 0.29) is 5.92 Å². The lowest BCUT2D eigenvalue weighted by molar-refractivity contribution is -0.0503. The van der Waals surface area contributed by atoms with Crippen LogP contribution in [0.2, 0.25) is 0 Å². The fraction of sp³-hybridized carbons (Fsp3) is 0.800. The van der Waals surface area contributed by atoms with Crippen LogP contribution < -0.4 is 0 Å². The summed E-state index contributed by atoms with van der Waals surface area (Å²) in [6, 6.07) is 0. The van der Waals surface area contributed by atoms with Crippen LogP contribution in [0.15, 0.2) is 12.2 Å². The Morgan fingerprint density at radius 3 is 2.58 bits per heavy atom. The van der Waals surface area contributed by atoms with Crippen LogP contribution in [0.25, 0.3) is 0 Å². The van der Waals surface area contributed by atoms with Crippen LogP contribution in [0.5, 0.6) is 0 Å². The number of aliphatic hydroxyl groups is 2. The van der Waals surface area contributed by atoms with Gasteiger partial charge in [0.05, 0.1) is 11.7 Å². The van der Waals surface area contributed by atoms with Gasteiger partial charge in [-0.1, -0.05) is 12.2 Å². The molecule has 1 aliphatic rings. The lowest BCUT2D eigenvalue weighted by Crippen LogP contribution is -2.40. The summed E-state index contributed by atoms with van der Waals surface area (Å²) in [5.74, 6) is 0.185. The molecule has 0 unspecified atom stereocenters. The molecule has 0 radical (unpaired) electrons. The number of rotatable bonds is 1. The minimum atomic E-state index is -0.675. The fourth-order valence-electron chi connectivity index (χ4n) is 1.93. The molecule has 2 nitrogen and oxygen atoms in total. The largest absolute Gasteiger partial charge is 0.392 e. The van der Waals surface area contributed by atoms with E-state index < -0.39 is 11.7 Å². The molecule has 0 amide bonds. The first-order valence-corrected chi connectivity index (χ1v) is 4.48. The van der Waals surface area contributed by atoms with Gasteiger partial charge in [0, 0.05) is 12.3 Å². The Bertz CT molecular complexity index is 184. The Kier molecular flexibility index (Phi) is 2.59. The Morgan fingerprint density at radius 1 is 1.58 bits per heavy atom. The molecule has 12 heavy (non-hydrogen) atoms. The molecule has 2 heteroatoms. The second-order valence-electron chi connectivity index (χ2n) is 4.26. The maximum atomic E-state index is 9.65. The fourth-order valence-corrected chi connectivity index (χ4v) is 1.93. The van der Waals surface area contributed by atoms with E-state index in [0.717, 1.165) is 18.4 Å². The minimum absolute atomic E-state index is 0.185. The van der Waals surface area contributed by atoms with Crippen molar-refractivity contribution in [2.24, 2.45) is 5.92 Å². The molecule has 0 spiro atoms. The average molecular weight is 170 g/mol. The van der Waals surface area contributed by atoms with Gasteiger partial charge in [0.25, 0.3) is 0 Å². The Labute approximate surface area is 73.9 Å². The molecular formula is C10H18O2. The van der Waals surface area contributed by atoms with Crippen molar-refractivity contribution in [3.63, 3.8) is 0 Å². The van der Waals surface area contributed by atoms with Gasteiger partial charge in [0.15, 0.2) is 0 Å². The van der Waals surface area contributed by atoms with E-state index >= 15 is 0 Å². The Hall–Kier alpha value is -0.340. The average Bonchev–Trinajstić information content (AvgIpc) is 1.83. The zero-order valence-corrected chi connectivity index (χ0v) is 7.88.